The summed E-state index contributed by atoms with van der Waals surface area (Å²) in [7, 11) is 1.55. The first-order valence-electron chi connectivity index (χ1n) is 6.62. The highest BCUT2D eigenvalue weighted by molar-refractivity contribution is 8.26. The lowest BCUT2D eigenvalue weighted by molar-refractivity contribution is -0.145. The number of hydrogen-bond acceptors (Lipinski definition) is 5. The van der Waals surface area contributed by atoms with Gasteiger partial charge in [-0.2, -0.15) is 0 Å². The number of amides is 1. The van der Waals surface area contributed by atoms with Crippen LogP contribution in [0.2, 0.25) is 0 Å². The normalized spacial score (nSPS) is 17.9. The van der Waals surface area contributed by atoms with Crippen molar-refractivity contribution in [3.8, 4) is 5.75 Å². The lowest BCUT2D eigenvalue weighted by Crippen LogP contribution is -2.43. The van der Waals surface area contributed by atoms with E-state index < -0.39 is 12.0 Å². The van der Waals surface area contributed by atoms with E-state index in [-0.39, 0.29) is 10.2 Å². The summed E-state index contributed by atoms with van der Waals surface area (Å²) >= 11 is 6.27. The highest BCUT2D eigenvalue weighted by atomic mass is 32.2. The zero-order valence-electron chi connectivity index (χ0n) is 12.1. The van der Waals surface area contributed by atoms with E-state index in [1.165, 1.54) is 4.90 Å². The standard InChI is InChI=1S/C15H15NO4S2/c1-3-10(14(18)19)16-13(17)12(22-15(16)21)8-9-6-4-5-7-11(9)20-2/h4-8,10H,3H2,1-2H3,(H,18,19)/b12-8-/t10-/m0/s1. The van der Waals surface area contributed by atoms with Gasteiger partial charge in [0.1, 0.15) is 16.1 Å². The van der Waals surface area contributed by atoms with E-state index in [9.17, 15) is 14.7 Å². The molecule has 7 heteroatoms. The Morgan fingerprint density at radius 1 is 1.50 bits per heavy atom. The van der Waals surface area contributed by atoms with E-state index in [0.29, 0.717) is 17.1 Å². The van der Waals surface area contributed by atoms with Crippen LogP contribution in [0.25, 0.3) is 6.08 Å². The number of thioether (sulfide) groups is 1. The van der Waals surface area contributed by atoms with Crippen LogP contribution in [-0.2, 0) is 9.59 Å². The highest BCUT2D eigenvalue weighted by Crippen LogP contribution is 2.35. The van der Waals surface area contributed by atoms with Crippen molar-refractivity contribution in [2.45, 2.75) is 19.4 Å². The Morgan fingerprint density at radius 3 is 2.77 bits per heavy atom. The van der Waals surface area contributed by atoms with Crippen LogP contribution < -0.4 is 4.74 Å². The fraction of sp³-hybridized carbons (Fsp3) is 0.267. The molecule has 1 fully saturated rings. The summed E-state index contributed by atoms with van der Waals surface area (Å²) in [6.07, 6.45) is 1.97. The molecule has 0 saturated carbocycles. The fourth-order valence-electron chi connectivity index (χ4n) is 2.14. The summed E-state index contributed by atoms with van der Waals surface area (Å²) in [5, 5.41) is 9.23. The SMILES string of the molecule is CC[C@@H](C(=O)O)N1C(=O)/C(=C/c2ccccc2OC)SC1=S. The van der Waals surface area contributed by atoms with Gasteiger partial charge >= 0.3 is 5.97 Å². The molecule has 1 amide bonds. The van der Waals surface area contributed by atoms with Crippen LogP contribution in [0.5, 0.6) is 5.75 Å². The second kappa shape index (κ2) is 6.93. The molecule has 0 unspecified atom stereocenters. The Kier molecular flexibility index (Phi) is 5.20. The lowest BCUT2D eigenvalue weighted by Gasteiger charge is -2.21. The molecule has 1 N–H and O–H groups in total. The first kappa shape index (κ1) is 16.5. The van der Waals surface area contributed by atoms with E-state index in [0.717, 1.165) is 17.3 Å². The van der Waals surface area contributed by atoms with Crippen molar-refractivity contribution in [2.75, 3.05) is 7.11 Å². The number of nitrogens with zero attached hydrogens (tertiary/aromatic N) is 1. The summed E-state index contributed by atoms with van der Waals surface area (Å²) in [5.41, 5.74) is 0.744. The molecule has 0 bridgehead atoms. The summed E-state index contributed by atoms with van der Waals surface area (Å²) < 4.78 is 5.51. The molecule has 1 saturated heterocycles. The Hall–Kier alpha value is -1.86. The third kappa shape index (κ3) is 3.15. The number of carbonyl (C=O) groups excluding carboxylic acids is 1. The molecule has 0 aromatic heterocycles. The van der Waals surface area contributed by atoms with Gasteiger partial charge in [-0.25, -0.2) is 4.79 Å². The van der Waals surface area contributed by atoms with E-state index >= 15 is 0 Å². The Morgan fingerprint density at radius 2 is 2.18 bits per heavy atom. The number of carboxylic acid groups (broad SMARTS) is 1. The number of thiocarbonyl (C=S) groups is 1. The minimum absolute atomic E-state index is 0.264. The lowest BCUT2D eigenvalue weighted by atomic mass is 10.1. The van der Waals surface area contributed by atoms with E-state index in [4.69, 9.17) is 17.0 Å². The number of para-hydroxylation sites is 1. The van der Waals surface area contributed by atoms with Crippen molar-refractivity contribution in [2.24, 2.45) is 0 Å². The van der Waals surface area contributed by atoms with Crippen molar-refractivity contribution in [1.82, 2.24) is 4.90 Å². The average Bonchev–Trinajstić information content (AvgIpc) is 2.76. The molecule has 1 heterocycles. The predicted molar refractivity (Wildman–Crippen MR) is 89.7 cm³/mol. The predicted octanol–water partition coefficient (Wildman–Crippen LogP) is 2.76. The van der Waals surface area contributed by atoms with Gasteiger partial charge < -0.3 is 9.84 Å². The minimum Gasteiger partial charge on any atom is -0.496 e. The van der Waals surface area contributed by atoms with Gasteiger partial charge in [-0.15, -0.1) is 0 Å². The minimum atomic E-state index is -1.06. The summed E-state index contributed by atoms with van der Waals surface area (Å²) in [5.74, 6) is -0.800. The van der Waals surface area contributed by atoms with E-state index in [1.54, 1.807) is 26.2 Å². The van der Waals surface area contributed by atoms with Crippen LogP contribution >= 0.6 is 24.0 Å². The first-order valence-corrected chi connectivity index (χ1v) is 7.85. The van der Waals surface area contributed by atoms with Crippen LogP contribution in [0.3, 0.4) is 0 Å². The van der Waals surface area contributed by atoms with Crippen molar-refractivity contribution in [3.63, 3.8) is 0 Å². The van der Waals surface area contributed by atoms with Gasteiger partial charge in [-0.05, 0) is 18.6 Å². The number of ether oxygens (including phenoxy) is 1. The van der Waals surface area contributed by atoms with Crippen LogP contribution in [0, 0.1) is 0 Å². The van der Waals surface area contributed by atoms with Gasteiger partial charge in [0.2, 0.25) is 0 Å². The second-order valence-corrected chi connectivity index (χ2v) is 6.23. The Bertz CT molecular complexity index is 657. The van der Waals surface area contributed by atoms with Gasteiger partial charge in [-0.3, -0.25) is 9.69 Å². The Labute approximate surface area is 137 Å². The number of rotatable bonds is 5. The third-order valence-corrected chi connectivity index (χ3v) is 4.56. The molecule has 1 aliphatic rings. The summed E-state index contributed by atoms with van der Waals surface area (Å²) in [6.45, 7) is 1.71. The summed E-state index contributed by atoms with van der Waals surface area (Å²) in [6, 6.07) is 6.34. The van der Waals surface area contributed by atoms with Crippen LogP contribution in [0.4, 0.5) is 0 Å². The molecule has 0 radical (unpaired) electrons. The number of carboxylic acids is 1. The zero-order valence-corrected chi connectivity index (χ0v) is 13.7. The van der Waals surface area contributed by atoms with Gasteiger partial charge in [-0.1, -0.05) is 49.1 Å². The smallest absolute Gasteiger partial charge is 0.326 e. The quantitative estimate of drug-likeness (QED) is 0.658. The van der Waals surface area contributed by atoms with Crippen molar-refractivity contribution in [1.29, 1.82) is 0 Å². The second-order valence-electron chi connectivity index (χ2n) is 4.56. The number of methoxy groups -OCH3 is 1. The molecule has 22 heavy (non-hydrogen) atoms. The van der Waals surface area contributed by atoms with Gasteiger partial charge in [0.05, 0.1) is 12.0 Å². The van der Waals surface area contributed by atoms with E-state index in [2.05, 4.69) is 0 Å². The molecule has 1 aromatic carbocycles. The number of hydrogen-bond donors (Lipinski definition) is 1. The van der Waals surface area contributed by atoms with Crippen LogP contribution in [0.1, 0.15) is 18.9 Å². The fourth-order valence-corrected chi connectivity index (χ4v) is 3.49. The average molecular weight is 337 g/mol. The van der Waals surface area contributed by atoms with Crippen LogP contribution in [-0.4, -0.2) is 39.4 Å². The third-order valence-electron chi connectivity index (χ3n) is 3.23. The largest absolute Gasteiger partial charge is 0.496 e. The number of benzene rings is 1. The highest BCUT2D eigenvalue weighted by Gasteiger charge is 2.39. The summed E-state index contributed by atoms with van der Waals surface area (Å²) in [4.78, 5) is 25.3. The van der Waals surface area contributed by atoms with Gasteiger partial charge in [0, 0.05) is 5.56 Å². The number of aliphatic carboxylic acids is 1. The molecule has 2 rings (SSSR count). The zero-order chi connectivity index (χ0) is 16.3. The maximum atomic E-state index is 12.5. The molecule has 0 aliphatic carbocycles. The molecule has 1 aromatic rings. The van der Waals surface area contributed by atoms with E-state index in [1.807, 2.05) is 18.2 Å². The maximum absolute atomic E-state index is 12.5. The number of carbonyl (C=O) groups is 2. The topological polar surface area (TPSA) is 66.8 Å². The molecule has 0 spiro atoms. The van der Waals surface area contributed by atoms with Gasteiger partial charge in [0.15, 0.2) is 0 Å². The maximum Gasteiger partial charge on any atom is 0.326 e. The molecule has 1 aliphatic heterocycles. The molecular formula is C15H15NO4S2. The van der Waals surface area contributed by atoms with Crippen molar-refractivity contribution >= 4 is 46.3 Å². The Balaban J connectivity index is 2.35. The molecule has 116 valence electrons. The monoisotopic (exact) mass is 337 g/mol. The first-order chi connectivity index (χ1) is 10.5. The van der Waals surface area contributed by atoms with Crippen LogP contribution in [0.15, 0.2) is 29.2 Å². The molecule has 5 nitrogen and oxygen atoms in total. The van der Waals surface area contributed by atoms with Crippen molar-refractivity contribution in [3.05, 3.63) is 34.7 Å². The molecular weight excluding hydrogens is 322 g/mol. The van der Waals surface area contributed by atoms with Gasteiger partial charge in [0.25, 0.3) is 5.91 Å². The molecule has 1 atom stereocenters. The van der Waals surface area contributed by atoms with Crippen molar-refractivity contribution < 1.29 is 19.4 Å².